The maximum atomic E-state index is 4.60. The lowest BCUT2D eigenvalue weighted by Gasteiger charge is -2.09. The highest BCUT2D eigenvalue weighted by Gasteiger charge is 2.09. The van der Waals surface area contributed by atoms with Crippen LogP contribution < -0.4 is 5.32 Å². The van der Waals surface area contributed by atoms with Gasteiger partial charge >= 0.3 is 0 Å². The standard InChI is InChI=1S/C13H18N4S/c1-4-14-11-8-10(7-9(2)3)16-12(17-11)13-15-5-6-18-13/h5-6,8-9H,4,7H2,1-3H3,(H,14,16,17). The van der Waals surface area contributed by atoms with Crippen molar-refractivity contribution in [3.8, 4) is 10.8 Å². The van der Waals surface area contributed by atoms with Gasteiger partial charge < -0.3 is 5.32 Å². The van der Waals surface area contributed by atoms with Gasteiger partial charge in [0, 0.05) is 29.9 Å². The lowest BCUT2D eigenvalue weighted by atomic mass is 10.1. The summed E-state index contributed by atoms with van der Waals surface area (Å²) in [6, 6.07) is 2.03. The fourth-order valence-corrected chi connectivity index (χ4v) is 2.29. The van der Waals surface area contributed by atoms with Gasteiger partial charge in [0.15, 0.2) is 10.8 Å². The van der Waals surface area contributed by atoms with Gasteiger partial charge in [-0.2, -0.15) is 0 Å². The second-order valence-electron chi connectivity index (χ2n) is 4.53. The Hall–Kier alpha value is -1.49. The molecule has 5 heteroatoms. The van der Waals surface area contributed by atoms with E-state index in [4.69, 9.17) is 0 Å². The third-order valence-electron chi connectivity index (χ3n) is 2.38. The van der Waals surface area contributed by atoms with Crippen molar-refractivity contribution in [1.29, 1.82) is 0 Å². The minimum absolute atomic E-state index is 0.582. The Kier molecular flexibility index (Phi) is 4.25. The lowest BCUT2D eigenvalue weighted by Crippen LogP contribution is -2.05. The Morgan fingerprint density at radius 3 is 2.78 bits per heavy atom. The molecule has 0 aliphatic rings. The largest absolute Gasteiger partial charge is 0.370 e. The predicted octanol–water partition coefficient (Wildman–Crippen LogP) is 3.23. The van der Waals surface area contributed by atoms with Crippen LogP contribution >= 0.6 is 11.3 Å². The molecular weight excluding hydrogens is 244 g/mol. The molecule has 4 nitrogen and oxygen atoms in total. The van der Waals surface area contributed by atoms with Gasteiger partial charge in [-0.1, -0.05) is 13.8 Å². The van der Waals surface area contributed by atoms with E-state index in [2.05, 4.69) is 41.0 Å². The summed E-state index contributed by atoms with van der Waals surface area (Å²) >= 11 is 1.57. The molecule has 0 atom stereocenters. The zero-order valence-corrected chi connectivity index (χ0v) is 11.8. The van der Waals surface area contributed by atoms with Gasteiger partial charge in [-0.25, -0.2) is 15.0 Å². The van der Waals surface area contributed by atoms with E-state index in [-0.39, 0.29) is 0 Å². The summed E-state index contributed by atoms with van der Waals surface area (Å²) in [5.74, 6) is 2.19. The number of hydrogen-bond donors (Lipinski definition) is 1. The van der Waals surface area contributed by atoms with Crippen molar-refractivity contribution in [3.63, 3.8) is 0 Å². The first kappa shape index (κ1) is 13.0. The number of nitrogens with zero attached hydrogens (tertiary/aromatic N) is 3. The molecule has 0 aliphatic carbocycles. The van der Waals surface area contributed by atoms with Gasteiger partial charge in [-0.3, -0.25) is 0 Å². The Morgan fingerprint density at radius 1 is 1.33 bits per heavy atom. The molecule has 0 aromatic carbocycles. The molecule has 18 heavy (non-hydrogen) atoms. The molecule has 96 valence electrons. The normalized spacial score (nSPS) is 10.9. The molecule has 0 saturated carbocycles. The van der Waals surface area contributed by atoms with Crippen LogP contribution in [-0.4, -0.2) is 21.5 Å². The van der Waals surface area contributed by atoms with Crippen LogP contribution in [0.4, 0.5) is 5.82 Å². The molecule has 0 spiro atoms. The maximum Gasteiger partial charge on any atom is 0.190 e. The Balaban J connectivity index is 2.36. The van der Waals surface area contributed by atoms with E-state index in [1.54, 1.807) is 17.5 Å². The van der Waals surface area contributed by atoms with Crippen LogP contribution in [0.1, 0.15) is 26.5 Å². The van der Waals surface area contributed by atoms with Crippen LogP contribution in [0.2, 0.25) is 0 Å². The fourth-order valence-electron chi connectivity index (χ4n) is 1.72. The van der Waals surface area contributed by atoms with E-state index in [1.807, 2.05) is 11.4 Å². The summed E-state index contributed by atoms with van der Waals surface area (Å²) in [7, 11) is 0. The lowest BCUT2D eigenvalue weighted by molar-refractivity contribution is 0.635. The van der Waals surface area contributed by atoms with Crippen LogP contribution in [-0.2, 0) is 6.42 Å². The second kappa shape index (κ2) is 5.91. The number of hydrogen-bond acceptors (Lipinski definition) is 5. The van der Waals surface area contributed by atoms with Crippen LogP contribution in [0.25, 0.3) is 10.8 Å². The highest BCUT2D eigenvalue weighted by molar-refractivity contribution is 7.13. The van der Waals surface area contributed by atoms with E-state index < -0.39 is 0 Å². The van der Waals surface area contributed by atoms with Crippen molar-refractivity contribution >= 4 is 17.2 Å². The zero-order chi connectivity index (χ0) is 13.0. The van der Waals surface area contributed by atoms with Gasteiger partial charge in [0.1, 0.15) is 5.82 Å². The molecular formula is C13H18N4S. The van der Waals surface area contributed by atoms with Crippen LogP contribution in [0, 0.1) is 5.92 Å². The number of rotatable bonds is 5. The topological polar surface area (TPSA) is 50.7 Å². The quantitative estimate of drug-likeness (QED) is 0.898. The predicted molar refractivity (Wildman–Crippen MR) is 75.8 cm³/mol. The number of thiazole rings is 1. The Morgan fingerprint density at radius 2 is 2.17 bits per heavy atom. The van der Waals surface area contributed by atoms with Crippen LogP contribution in [0.3, 0.4) is 0 Å². The third-order valence-corrected chi connectivity index (χ3v) is 3.15. The summed E-state index contributed by atoms with van der Waals surface area (Å²) in [6.07, 6.45) is 2.74. The molecule has 0 amide bonds. The van der Waals surface area contributed by atoms with E-state index in [0.29, 0.717) is 5.92 Å². The first-order valence-corrected chi connectivity index (χ1v) is 7.08. The van der Waals surface area contributed by atoms with E-state index >= 15 is 0 Å². The summed E-state index contributed by atoms with van der Waals surface area (Å²) in [5.41, 5.74) is 1.07. The first-order chi connectivity index (χ1) is 8.69. The summed E-state index contributed by atoms with van der Waals surface area (Å²) in [4.78, 5) is 13.4. The molecule has 0 radical (unpaired) electrons. The Labute approximate surface area is 112 Å². The highest BCUT2D eigenvalue weighted by atomic mass is 32.1. The molecule has 0 saturated heterocycles. The average molecular weight is 262 g/mol. The minimum atomic E-state index is 0.582. The first-order valence-electron chi connectivity index (χ1n) is 6.20. The highest BCUT2D eigenvalue weighted by Crippen LogP contribution is 2.21. The SMILES string of the molecule is CCNc1cc(CC(C)C)nc(-c2nccs2)n1. The molecule has 2 heterocycles. The minimum Gasteiger partial charge on any atom is -0.370 e. The molecule has 0 unspecified atom stereocenters. The van der Waals surface area contributed by atoms with Crippen molar-refractivity contribution < 1.29 is 0 Å². The summed E-state index contributed by atoms with van der Waals surface area (Å²) < 4.78 is 0. The Bertz CT molecular complexity index is 494. The number of nitrogens with one attached hydrogen (secondary N) is 1. The summed E-state index contributed by atoms with van der Waals surface area (Å²) in [6.45, 7) is 7.30. The van der Waals surface area contributed by atoms with Crippen LogP contribution in [0.5, 0.6) is 0 Å². The monoisotopic (exact) mass is 262 g/mol. The molecule has 0 bridgehead atoms. The van der Waals surface area contributed by atoms with Gasteiger partial charge in [-0.15, -0.1) is 11.3 Å². The van der Waals surface area contributed by atoms with Gasteiger partial charge in [0.05, 0.1) is 0 Å². The van der Waals surface area contributed by atoms with Gasteiger partial charge in [0.2, 0.25) is 0 Å². The van der Waals surface area contributed by atoms with Crippen molar-refractivity contribution in [2.45, 2.75) is 27.2 Å². The maximum absolute atomic E-state index is 4.60. The second-order valence-corrected chi connectivity index (χ2v) is 5.43. The van der Waals surface area contributed by atoms with E-state index in [0.717, 1.165) is 35.3 Å². The number of anilines is 1. The molecule has 0 aliphatic heterocycles. The van der Waals surface area contributed by atoms with Crippen molar-refractivity contribution in [2.24, 2.45) is 5.92 Å². The smallest absolute Gasteiger partial charge is 0.190 e. The molecule has 2 aromatic rings. The van der Waals surface area contributed by atoms with Gasteiger partial charge in [0.25, 0.3) is 0 Å². The van der Waals surface area contributed by atoms with Gasteiger partial charge in [-0.05, 0) is 19.3 Å². The van der Waals surface area contributed by atoms with E-state index in [9.17, 15) is 0 Å². The van der Waals surface area contributed by atoms with Crippen molar-refractivity contribution in [1.82, 2.24) is 15.0 Å². The third kappa shape index (κ3) is 3.26. The van der Waals surface area contributed by atoms with E-state index in [1.165, 1.54) is 0 Å². The molecule has 0 fully saturated rings. The molecule has 1 N–H and O–H groups in total. The van der Waals surface area contributed by atoms with Crippen molar-refractivity contribution in [3.05, 3.63) is 23.3 Å². The van der Waals surface area contributed by atoms with Crippen LogP contribution in [0.15, 0.2) is 17.6 Å². The molecule has 2 rings (SSSR count). The number of aromatic nitrogens is 3. The summed E-state index contributed by atoms with van der Waals surface area (Å²) in [5, 5.41) is 6.07. The van der Waals surface area contributed by atoms with Crippen molar-refractivity contribution in [2.75, 3.05) is 11.9 Å². The zero-order valence-electron chi connectivity index (χ0n) is 11.0. The fraction of sp³-hybridized carbons (Fsp3) is 0.462. The molecule has 2 aromatic heterocycles. The average Bonchev–Trinajstić information content (AvgIpc) is 2.81.